The number of ketones is 1. The van der Waals surface area contributed by atoms with Gasteiger partial charge in [0.15, 0.2) is 11.6 Å². The maximum atomic E-state index is 13.6. The number of aromatic nitrogens is 2. The third-order valence-corrected chi connectivity index (χ3v) is 9.12. The molecule has 2 aromatic rings. The molecule has 2 saturated carbocycles. The molecule has 1 N–H and O–H groups in total. The fraction of sp³-hybridized carbons (Fsp3) is 0.600. The molecule has 7 rings (SSSR count). The van der Waals surface area contributed by atoms with Crippen LogP contribution in [0.5, 0.6) is 0 Å². The summed E-state index contributed by atoms with van der Waals surface area (Å²) in [5, 5.41) is 14.1. The first-order valence-electron chi connectivity index (χ1n) is 12.0. The Morgan fingerprint density at radius 2 is 1.72 bits per heavy atom. The molecule has 168 valence electrons. The van der Waals surface area contributed by atoms with Gasteiger partial charge >= 0.3 is 5.97 Å². The molecule has 2 fully saturated rings. The van der Waals surface area contributed by atoms with Gasteiger partial charge in [-0.25, -0.2) is 4.79 Å². The zero-order valence-electron chi connectivity index (χ0n) is 18.4. The summed E-state index contributed by atoms with van der Waals surface area (Å²) in [6.45, 7) is 2.27. The number of Topliss-reactive ketones (excluding diaryl/α,β-unsaturated/α-hetero) is 1. The van der Waals surface area contributed by atoms with Crippen LogP contribution in [0.15, 0.2) is 15.7 Å². The highest BCUT2D eigenvalue weighted by molar-refractivity contribution is 7.12. The van der Waals surface area contributed by atoms with Gasteiger partial charge < -0.3 is 9.63 Å². The first-order valence-corrected chi connectivity index (χ1v) is 12.8. The van der Waals surface area contributed by atoms with Gasteiger partial charge in [0.1, 0.15) is 0 Å². The molecule has 1 atom stereocenters. The smallest absolute Gasteiger partial charge is 0.332 e. The Hall–Kier alpha value is -2.28. The zero-order chi connectivity index (χ0) is 22.0. The number of carboxylic acids is 1. The Morgan fingerprint density at radius 3 is 2.41 bits per heavy atom. The van der Waals surface area contributed by atoms with Gasteiger partial charge in [-0.15, -0.1) is 11.3 Å². The van der Waals surface area contributed by atoms with Gasteiger partial charge in [0, 0.05) is 33.2 Å². The third-order valence-electron chi connectivity index (χ3n) is 7.87. The average molecular weight is 453 g/mol. The van der Waals surface area contributed by atoms with E-state index in [0.29, 0.717) is 28.9 Å². The van der Waals surface area contributed by atoms with Crippen LogP contribution in [0.3, 0.4) is 0 Å². The lowest BCUT2D eigenvalue weighted by molar-refractivity contribution is -0.134. The number of carbonyl (C=O) groups excluding carboxylic acids is 1. The monoisotopic (exact) mass is 452 g/mol. The maximum absolute atomic E-state index is 13.6. The average Bonchev–Trinajstić information content (AvgIpc) is 3.42. The standard InChI is InChI=1S/C25H28N2O4S/c1-12-2-9-16-18(10-12)32-19(22(16)24-26-23(27-31-24)15-7-8-15)11-17(28)20-13-3-5-14(6-4-13)21(20)25(29)30/h12-15H,2-11H2,1H3,(H,29,30). The lowest BCUT2D eigenvalue weighted by Crippen LogP contribution is -2.34. The van der Waals surface area contributed by atoms with Crippen molar-refractivity contribution in [2.24, 2.45) is 17.8 Å². The van der Waals surface area contributed by atoms with E-state index in [4.69, 9.17) is 9.51 Å². The van der Waals surface area contributed by atoms with Crippen LogP contribution in [0.25, 0.3) is 11.5 Å². The number of rotatable bonds is 6. The van der Waals surface area contributed by atoms with Crippen molar-refractivity contribution in [3.8, 4) is 11.5 Å². The molecule has 0 spiro atoms. The van der Waals surface area contributed by atoms with E-state index in [1.807, 2.05) is 0 Å². The second-order valence-electron chi connectivity index (χ2n) is 10.2. The van der Waals surface area contributed by atoms with Crippen molar-refractivity contribution in [3.63, 3.8) is 0 Å². The van der Waals surface area contributed by atoms with Gasteiger partial charge in [-0.05, 0) is 81.1 Å². The molecule has 1 unspecified atom stereocenters. The molecule has 0 aliphatic heterocycles. The number of hydrogen-bond acceptors (Lipinski definition) is 6. The van der Waals surface area contributed by atoms with Gasteiger partial charge in [-0.3, -0.25) is 4.79 Å². The molecule has 2 aromatic heterocycles. The number of nitrogens with zero attached hydrogens (tertiary/aromatic N) is 2. The predicted octanol–water partition coefficient (Wildman–Crippen LogP) is 5.11. The number of carbonyl (C=O) groups is 2. The second-order valence-corrected chi connectivity index (χ2v) is 11.4. The minimum absolute atomic E-state index is 0.0216. The first kappa shape index (κ1) is 20.3. The van der Waals surface area contributed by atoms with Crippen molar-refractivity contribution in [1.82, 2.24) is 10.1 Å². The second kappa shape index (κ2) is 7.65. The highest BCUT2D eigenvalue weighted by Gasteiger charge is 2.41. The minimum atomic E-state index is -0.909. The van der Waals surface area contributed by atoms with E-state index < -0.39 is 5.97 Å². The highest BCUT2D eigenvalue weighted by Crippen LogP contribution is 2.48. The molecule has 0 radical (unpaired) electrons. The van der Waals surface area contributed by atoms with Crippen LogP contribution >= 0.6 is 11.3 Å². The number of thiophene rings is 1. The van der Waals surface area contributed by atoms with Gasteiger partial charge in [0.25, 0.3) is 5.89 Å². The van der Waals surface area contributed by atoms with E-state index in [1.165, 1.54) is 10.4 Å². The minimum Gasteiger partial charge on any atom is -0.478 e. The molecule has 0 saturated heterocycles. The summed E-state index contributed by atoms with van der Waals surface area (Å²) >= 11 is 1.70. The van der Waals surface area contributed by atoms with E-state index in [1.54, 1.807) is 11.3 Å². The SMILES string of the molecule is CC1CCc2c(sc(CC(=O)C3=C(C(=O)O)C4CCC3CC4)c2-c2nc(C3CC3)no2)C1. The lowest BCUT2D eigenvalue weighted by atomic mass is 9.65. The molecule has 0 amide bonds. The summed E-state index contributed by atoms with van der Waals surface area (Å²) in [5.41, 5.74) is 3.21. The molecular formula is C25H28N2O4S. The van der Waals surface area contributed by atoms with Crippen LogP contribution in [0.4, 0.5) is 0 Å². The zero-order valence-corrected chi connectivity index (χ0v) is 19.2. The van der Waals surface area contributed by atoms with Crippen LogP contribution in [-0.2, 0) is 28.9 Å². The van der Waals surface area contributed by atoms with Crippen molar-refractivity contribution < 1.29 is 19.2 Å². The Kier molecular flexibility index (Phi) is 4.86. The van der Waals surface area contributed by atoms with Crippen LogP contribution in [0, 0.1) is 17.8 Å². The first-order chi connectivity index (χ1) is 15.5. The summed E-state index contributed by atoms with van der Waals surface area (Å²) in [4.78, 5) is 32.6. The number of hydrogen-bond donors (Lipinski definition) is 1. The Bertz CT molecular complexity index is 1130. The summed E-state index contributed by atoms with van der Waals surface area (Å²) in [6, 6.07) is 0. The topological polar surface area (TPSA) is 93.3 Å². The maximum Gasteiger partial charge on any atom is 0.332 e. The third kappa shape index (κ3) is 3.36. The summed E-state index contributed by atoms with van der Waals surface area (Å²) in [5.74, 6) is 1.55. The normalized spacial score (nSPS) is 27.0. The van der Waals surface area contributed by atoms with Crippen molar-refractivity contribution in [2.45, 2.75) is 77.0 Å². The van der Waals surface area contributed by atoms with Gasteiger partial charge in [0.2, 0.25) is 0 Å². The highest BCUT2D eigenvalue weighted by atomic mass is 32.1. The van der Waals surface area contributed by atoms with E-state index in [9.17, 15) is 14.7 Å². The lowest BCUT2D eigenvalue weighted by Gasteiger charge is -2.38. The van der Waals surface area contributed by atoms with Crippen molar-refractivity contribution in [2.75, 3.05) is 0 Å². The van der Waals surface area contributed by atoms with E-state index in [-0.39, 0.29) is 24.0 Å². The van der Waals surface area contributed by atoms with E-state index in [2.05, 4.69) is 12.1 Å². The Balaban J connectivity index is 1.39. The molecule has 0 aromatic carbocycles. The van der Waals surface area contributed by atoms with Crippen molar-refractivity contribution >= 4 is 23.1 Å². The number of allylic oxidation sites excluding steroid dienone is 1. The van der Waals surface area contributed by atoms with Crippen LogP contribution in [0.2, 0.25) is 0 Å². The molecular weight excluding hydrogens is 424 g/mol. The Labute approximate surface area is 191 Å². The number of carboxylic acid groups (broad SMARTS) is 1. The quantitative estimate of drug-likeness (QED) is 0.654. The molecule has 5 aliphatic carbocycles. The fourth-order valence-corrected chi connectivity index (χ4v) is 7.55. The van der Waals surface area contributed by atoms with Gasteiger partial charge in [-0.2, -0.15) is 4.98 Å². The summed E-state index contributed by atoms with van der Waals surface area (Å²) < 4.78 is 5.71. The van der Waals surface area contributed by atoms with Gasteiger partial charge in [0.05, 0.1) is 5.56 Å². The predicted molar refractivity (Wildman–Crippen MR) is 120 cm³/mol. The molecule has 2 heterocycles. The molecule has 2 bridgehead atoms. The molecule has 6 nitrogen and oxygen atoms in total. The number of fused-ring (bicyclic) bond motifs is 3. The van der Waals surface area contributed by atoms with Crippen LogP contribution < -0.4 is 0 Å². The van der Waals surface area contributed by atoms with Crippen molar-refractivity contribution in [1.29, 1.82) is 0 Å². The summed E-state index contributed by atoms with van der Waals surface area (Å²) in [6.07, 6.45) is 9.20. The molecule has 32 heavy (non-hydrogen) atoms. The van der Waals surface area contributed by atoms with E-state index in [0.717, 1.165) is 74.1 Å². The van der Waals surface area contributed by atoms with Crippen molar-refractivity contribution in [3.05, 3.63) is 32.3 Å². The summed E-state index contributed by atoms with van der Waals surface area (Å²) in [7, 11) is 0. The van der Waals surface area contributed by atoms with Crippen LogP contribution in [0.1, 0.15) is 78.9 Å². The Morgan fingerprint density at radius 1 is 1.03 bits per heavy atom. The van der Waals surface area contributed by atoms with Gasteiger partial charge in [-0.1, -0.05) is 12.1 Å². The molecule has 7 heteroatoms. The largest absolute Gasteiger partial charge is 0.478 e. The number of aliphatic carboxylic acids is 1. The van der Waals surface area contributed by atoms with Crippen LogP contribution in [-0.4, -0.2) is 27.0 Å². The fourth-order valence-electron chi connectivity index (χ4n) is 6.04. The molecule has 5 aliphatic rings. The van der Waals surface area contributed by atoms with E-state index >= 15 is 0 Å².